The van der Waals surface area contributed by atoms with Gasteiger partial charge in [0.25, 0.3) is 0 Å². The number of hydrogen-bond acceptors (Lipinski definition) is 3. The minimum absolute atomic E-state index is 0.0648. The smallest absolute Gasteiger partial charge is 0.318 e. The maximum Gasteiger partial charge on any atom is 0.318 e. The summed E-state index contributed by atoms with van der Waals surface area (Å²) in [5, 5.41) is 17.4. The monoisotopic (exact) mass is 228 g/mol. The number of aryl methyl sites for hydroxylation is 1. The van der Waals surface area contributed by atoms with Gasteiger partial charge in [0.15, 0.2) is 5.92 Å². The highest BCUT2D eigenvalue weighted by Crippen LogP contribution is 2.20. The van der Waals surface area contributed by atoms with Crippen molar-refractivity contribution in [1.82, 2.24) is 0 Å². The average molecular weight is 228 g/mol. The van der Waals surface area contributed by atoms with E-state index in [0.29, 0.717) is 0 Å². The normalized spacial score (nSPS) is 10.5. The summed E-state index contributed by atoms with van der Waals surface area (Å²) in [6.45, 7) is 2.00. The first-order valence-corrected chi connectivity index (χ1v) is 5.39. The van der Waals surface area contributed by atoms with Gasteiger partial charge in [-0.15, -0.1) is 11.3 Å². The van der Waals surface area contributed by atoms with Crippen molar-refractivity contribution < 1.29 is 19.8 Å². The lowest BCUT2D eigenvalue weighted by molar-refractivity contribution is -0.154. The molecule has 0 amide bonds. The molecule has 1 rings (SSSR count). The average Bonchev–Trinajstić information content (AvgIpc) is 2.60. The predicted octanol–water partition coefficient (Wildman–Crippen LogP) is 1.64. The molecule has 0 bridgehead atoms. The molecule has 0 spiro atoms. The van der Waals surface area contributed by atoms with Gasteiger partial charge in [0.05, 0.1) is 0 Å². The summed E-state index contributed by atoms with van der Waals surface area (Å²) in [6.07, 6.45) is 0.949. The number of thiophene rings is 1. The quantitative estimate of drug-likeness (QED) is 0.751. The molecule has 0 radical (unpaired) electrons. The summed E-state index contributed by atoms with van der Waals surface area (Å²) in [5.74, 6) is -3.91. The molecule has 1 aromatic heterocycles. The Labute approximate surface area is 91.2 Å². The number of hydrogen-bond donors (Lipinski definition) is 2. The molecule has 0 aromatic carbocycles. The van der Waals surface area contributed by atoms with Crippen molar-refractivity contribution in [2.75, 3.05) is 0 Å². The standard InChI is InChI=1S/C10H12O4S/c1-2-6-3-4-7(15-6)5-8(9(11)12)10(13)14/h3-4,8H,2,5H2,1H3,(H,11,12)(H,13,14). The molecule has 1 aromatic rings. The molecule has 2 N–H and O–H groups in total. The van der Waals surface area contributed by atoms with Gasteiger partial charge in [0, 0.05) is 16.2 Å². The molecule has 1 heterocycles. The van der Waals surface area contributed by atoms with Gasteiger partial charge >= 0.3 is 11.9 Å². The van der Waals surface area contributed by atoms with Crippen LogP contribution in [0.2, 0.25) is 0 Å². The fraction of sp³-hybridized carbons (Fsp3) is 0.400. The molecule has 0 saturated heterocycles. The summed E-state index contributed by atoms with van der Waals surface area (Å²) < 4.78 is 0. The van der Waals surface area contributed by atoms with E-state index < -0.39 is 17.9 Å². The summed E-state index contributed by atoms with van der Waals surface area (Å²) in [5.41, 5.74) is 0. The fourth-order valence-electron chi connectivity index (χ4n) is 1.20. The summed E-state index contributed by atoms with van der Waals surface area (Å²) >= 11 is 1.47. The number of aliphatic carboxylic acids is 2. The third kappa shape index (κ3) is 3.06. The Morgan fingerprint density at radius 2 is 1.80 bits per heavy atom. The third-order valence-electron chi connectivity index (χ3n) is 2.07. The Kier molecular flexibility index (Phi) is 3.85. The van der Waals surface area contributed by atoms with Crippen LogP contribution in [-0.2, 0) is 22.4 Å². The molecule has 5 heteroatoms. The van der Waals surface area contributed by atoms with E-state index in [-0.39, 0.29) is 6.42 Å². The molecule has 0 atom stereocenters. The first-order valence-electron chi connectivity index (χ1n) is 4.57. The molecule has 0 aliphatic rings. The maximum absolute atomic E-state index is 10.6. The number of rotatable bonds is 5. The molecule has 15 heavy (non-hydrogen) atoms. The molecule has 82 valence electrons. The second-order valence-electron chi connectivity index (χ2n) is 3.15. The highest BCUT2D eigenvalue weighted by molar-refractivity contribution is 7.12. The minimum Gasteiger partial charge on any atom is -0.481 e. The first-order chi connectivity index (χ1) is 7.04. The van der Waals surface area contributed by atoms with E-state index in [1.165, 1.54) is 11.3 Å². The minimum atomic E-state index is -1.34. The Hall–Kier alpha value is -1.36. The third-order valence-corrected chi connectivity index (χ3v) is 3.32. The van der Waals surface area contributed by atoms with Gasteiger partial charge in [-0.25, -0.2) is 0 Å². The Balaban J connectivity index is 2.74. The van der Waals surface area contributed by atoms with E-state index in [2.05, 4.69) is 0 Å². The van der Waals surface area contributed by atoms with Gasteiger partial charge < -0.3 is 10.2 Å². The van der Waals surface area contributed by atoms with E-state index in [4.69, 9.17) is 10.2 Å². The van der Waals surface area contributed by atoms with E-state index >= 15 is 0 Å². The molecule has 0 unspecified atom stereocenters. The van der Waals surface area contributed by atoms with Gasteiger partial charge in [-0.05, 0) is 18.6 Å². The highest BCUT2D eigenvalue weighted by Gasteiger charge is 2.26. The lowest BCUT2D eigenvalue weighted by Gasteiger charge is -2.04. The molecule has 0 aliphatic carbocycles. The van der Waals surface area contributed by atoms with Gasteiger partial charge in [0.1, 0.15) is 0 Å². The van der Waals surface area contributed by atoms with Gasteiger partial charge in [0.2, 0.25) is 0 Å². The largest absolute Gasteiger partial charge is 0.481 e. The summed E-state index contributed by atoms with van der Waals surface area (Å²) in [6, 6.07) is 3.70. The lowest BCUT2D eigenvalue weighted by Crippen LogP contribution is -2.25. The van der Waals surface area contributed by atoms with Gasteiger partial charge in [-0.2, -0.15) is 0 Å². The second-order valence-corrected chi connectivity index (χ2v) is 4.41. The molecular weight excluding hydrogens is 216 g/mol. The van der Waals surface area contributed by atoms with E-state index in [9.17, 15) is 9.59 Å². The zero-order valence-electron chi connectivity index (χ0n) is 8.27. The van der Waals surface area contributed by atoms with E-state index in [1.807, 2.05) is 13.0 Å². The number of carboxylic acid groups (broad SMARTS) is 2. The second kappa shape index (κ2) is 4.93. The van der Waals surface area contributed by atoms with Crippen LogP contribution in [0.3, 0.4) is 0 Å². The van der Waals surface area contributed by atoms with Crippen molar-refractivity contribution in [3.05, 3.63) is 21.9 Å². The van der Waals surface area contributed by atoms with Crippen molar-refractivity contribution in [1.29, 1.82) is 0 Å². The van der Waals surface area contributed by atoms with Crippen molar-refractivity contribution in [2.24, 2.45) is 5.92 Å². The SMILES string of the molecule is CCc1ccc(CC(C(=O)O)C(=O)O)s1. The topological polar surface area (TPSA) is 74.6 Å². The Bertz CT molecular complexity index is 355. The van der Waals surface area contributed by atoms with Crippen LogP contribution in [0.4, 0.5) is 0 Å². The van der Waals surface area contributed by atoms with E-state index in [0.717, 1.165) is 16.2 Å². The molecular formula is C10H12O4S. The van der Waals surface area contributed by atoms with Crippen LogP contribution in [0.25, 0.3) is 0 Å². The fourth-order valence-corrected chi connectivity index (χ4v) is 2.21. The van der Waals surface area contributed by atoms with Crippen molar-refractivity contribution in [2.45, 2.75) is 19.8 Å². The van der Waals surface area contributed by atoms with Crippen LogP contribution >= 0.6 is 11.3 Å². The molecule has 0 aliphatic heterocycles. The lowest BCUT2D eigenvalue weighted by atomic mass is 10.1. The van der Waals surface area contributed by atoms with Crippen molar-refractivity contribution in [3.8, 4) is 0 Å². The van der Waals surface area contributed by atoms with Crippen molar-refractivity contribution >= 4 is 23.3 Å². The molecule has 4 nitrogen and oxygen atoms in total. The molecule has 0 fully saturated rings. The Morgan fingerprint density at radius 1 is 1.27 bits per heavy atom. The van der Waals surface area contributed by atoms with Gasteiger partial charge in [-0.1, -0.05) is 6.92 Å². The van der Waals surface area contributed by atoms with E-state index in [1.54, 1.807) is 6.07 Å². The van der Waals surface area contributed by atoms with Crippen LogP contribution in [0.1, 0.15) is 16.7 Å². The van der Waals surface area contributed by atoms with Crippen LogP contribution in [0, 0.1) is 5.92 Å². The zero-order chi connectivity index (χ0) is 11.4. The van der Waals surface area contributed by atoms with Crippen LogP contribution in [-0.4, -0.2) is 22.2 Å². The molecule has 0 saturated carbocycles. The number of carbonyl (C=O) groups is 2. The summed E-state index contributed by atoms with van der Waals surface area (Å²) in [7, 11) is 0. The predicted molar refractivity (Wildman–Crippen MR) is 56.2 cm³/mol. The highest BCUT2D eigenvalue weighted by atomic mass is 32.1. The maximum atomic E-state index is 10.6. The first kappa shape index (κ1) is 11.7. The van der Waals surface area contributed by atoms with Crippen molar-refractivity contribution in [3.63, 3.8) is 0 Å². The summed E-state index contributed by atoms with van der Waals surface area (Å²) in [4.78, 5) is 23.2. The van der Waals surface area contributed by atoms with Crippen LogP contribution in [0.15, 0.2) is 12.1 Å². The Morgan fingerprint density at radius 3 is 2.20 bits per heavy atom. The van der Waals surface area contributed by atoms with Crippen LogP contribution < -0.4 is 0 Å². The van der Waals surface area contributed by atoms with Crippen LogP contribution in [0.5, 0.6) is 0 Å². The number of carboxylic acids is 2. The zero-order valence-corrected chi connectivity index (χ0v) is 9.08. The van der Waals surface area contributed by atoms with Gasteiger partial charge in [-0.3, -0.25) is 9.59 Å².